The van der Waals surface area contributed by atoms with E-state index in [0.29, 0.717) is 11.3 Å². The Morgan fingerprint density at radius 2 is 2.20 bits per heavy atom. The van der Waals surface area contributed by atoms with Gasteiger partial charge >= 0.3 is 5.97 Å². The van der Waals surface area contributed by atoms with Crippen LogP contribution in [0.25, 0.3) is 0 Å². The Balaban J connectivity index is 3.07. The van der Waals surface area contributed by atoms with Crippen LogP contribution in [0.1, 0.15) is 17.2 Å². The highest BCUT2D eigenvalue weighted by molar-refractivity contribution is 5.74. The largest absolute Gasteiger partial charge is 0.479 e. The molecule has 0 aromatic heterocycles. The normalized spacial score (nSPS) is 12.2. The number of nitrogen functional groups attached to an aromatic ring is 1. The topological polar surface area (TPSA) is 116 Å². The van der Waals surface area contributed by atoms with Gasteiger partial charge in [-0.25, -0.2) is 4.79 Å². The number of hydrogen-bond donors (Lipinski definition) is 5. The van der Waals surface area contributed by atoms with Crippen molar-refractivity contribution in [3.63, 3.8) is 0 Å². The Morgan fingerprint density at radius 3 is 2.67 bits per heavy atom. The Hall–Kier alpha value is -1.63. The first-order valence-electron chi connectivity index (χ1n) is 4.21. The highest BCUT2D eigenvalue weighted by Gasteiger charge is 2.16. The van der Waals surface area contributed by atoms with Gasteiger partial charge in [-0.3, -0.25) is 5.84 Å². The maximum absolute atomic E-state index is 10.5. The van der Waals surface area contributed by atoms with Crippen molar-refractivity contribution in [2.75, 3.05) is 5.43 Å². The van der Waals surface area contributed by atoms with E-state index in [9.17, 15) is 9.90 Å². The van der Waals surface area contributed by atoms with Crippen LogP contribution < -0.4 is 11.3 Å². The monoisotopic (exact) mass is 212 g/mol. The lowest BCUT2D eigenvalue weighted by molar-refractivity contribution is -0.146. The smallest absolute Gasteiger partial charge is 0.337 e. The van der Waals surface area contributed by atoms with Crippen LogP contribution >= 0.6 is 0 Å². The number of carboxylic acid groups (broad SMARTS) is 1. The van der Waals surface area contributed by atoms with Crippen LogP contribution in [0.5, 0.6) is 0 Å². The van der Waals surface area contributed by atoms with Crippen LogP contribution in [0.2, 0.25) is 0 Å². The van der Waals surface area contributed by atoms with Crippen molar-refractivity contribution in [1.29, 1.82) is 0 Å². The van der Waals surface area contributed by atoms with Crippen LogP contribution in [0.15, 0.2) is 18.2 Å². The zero-order valence-electron chi connectivity index (χ0n) is 7.84. The number of aliphatic carboxylic acids is 1. The van der Waals surface area contributed by atoms with Crippen LogP contribution in [0, 0.1) is 0 Å². The summed E-state index contributed by atoms with van der Waals surface area (Å²) < 4.78 is 0. The van der Waals surface area contributed by atoms with E-state index in [-0.39, 0.29) is 12.2 Å². The first-order chi connectivity index (χ1) is 7.10. The van der Waals surface area contributed by atoms with Crippen LogP contribution in [-0.4, -0.2) is 21.3 Å². The van der Waals surface area contributed by atoms with E-state index in [1.165, 1.54) is 18.2 Å². The Labute approximate surface area is 85.9 Å². The number of carbonyl (C=O) groups is 1. The van der Waals surface area contributed by atoms with Crippen molar-refractivity contribution in [3.05, 3.63) is 29.3 Å². The molecule has 6 N–H and O–H groups in total. The fourth-order valence-corrected chi connectivity index (χ4v) is 1.18. The summed E-state index contributed by atoms with van der Waals surface area (Å²) in [5.41, 5.74) is 3.43. The summed E-state index contributed by atoms with van der Waals surface area (Å²) in [7, 11) is 0. The molecule has 0 saturated heterocycles. The summed E-state index contributed by atoms with van der Waals surface area (Å²) >= 11 is 0. The van der Waals surface area contributed by atoms with Gasteiger partial charge in [-0.1, -0.05) is 12.1 Å². The van der Waals surface area contributed by atoms with E-state index in [1.807, 2.05) is 0 Å². The molecule has 82 valence electrons. The molecule has 15 heavy (non-hydrogen) atoms. The van der Waals surface area contributed by atoms with Gasteiger partial charge in [0, 0.05) is 5.56 Å². The lowest BCUT2D eigenvalue weighted by Gasteiger charge is -2.11. The molecular formula is C9H12N2O4. The van der Waals surface area contributed by atoms with Gasteiger partial charge in [-0.15, -0.1) is 0 Å². The van der Waals surface area contributed by atoms with Crippen LogP contribution in [-0.2, 0) is 11.4 Å². The van der Waals surface area contributed by atoms with Crippen molar-refractivity contribution in [3.8, 4) is 0 Å². The van der Waals surface area contributed by atoms with Gasteiger partial charge in [-0.05, 0) is 11.6 Å². The quantitative estimate of drug-likeness (QED) is 0.342. The molecule has 0 heterocycles. The third-order valence-corrected chi connectivity index (χ3v) is 2.01. The number of nitrogens with two attached hydrogens (primary N) is 1. The first kappa shape index (κ1) is 11.4. The number of hydrazine groups is 1. The maximum atomic E-state index is 10.5. The Bertz CT molecular complexity index is 367. The fraction of sp³-hybridized carbons (Fsp3) is 0.222. The number of anilines is 1. The fourth-order valence-electron chi connectivity index (χ4n) is 1.18. The number of hydrogen-bond acceptors (Lipinski definition) is 5. The maximum Gasteiger partial charge on any atom is 0.337 e. The number of aliphatic hydroxyl groups is 2. The average molecular weight is 212 g/mol. The van der Waals surface area contributed by atoms with Gasteiger partial charge in [0.15, 0.2) is 6.10 Å². The van der Waals surface area contributed by atoms with Crippen molar-refractivity contribution < 1.29 is 20.1 Å². The van der Waals surface area contributed by atoms with E-state index < -0.39 is 12.1 Å². The Kier molecular flexibility index (Phi) is 3.62. The summed E-state index contributed by atoms with van der Waals surface area (Å²) in [6.07, 6.45) is -1.59. The summed E-state index contributed by atoms with van der Waals surface area (Å²) in [4.78, 5) is 10.5. The minimum absolute atomic E-state index is 0.202. The lowest BCUT2D eigenvalue weighted by Crippen LogP contribution is -2.13. The van der Waals surface area contributed by atoms with Crippen molar-refractivity contribution in [1.82, 2.24) is 0 Å². The molecule has 0 spiro atoms. The molecule has 1 unspecified atom stereocenters. The summed E-state index contributed by atoms with van der Waals surface area (Å²) in [6, 6.07) is 4.30. The zero-order valence-corrected chi connectivity index (χ0v) is 7.84. The Morgan fingerprint density at radius 1 is 1.53 bits per heavy atom. The molecule has 0 radical (unpaired) electrons. The minimum atomic E-state index is -1.59. The van der Waals surface area contributed by atoms with Crippen LogP contribution in [0.4, 0.5) is 5.69 Å². The first-order valence-corrected chi connectivity index (χ1v) is 4.21. The van der Waals surface area contributed by atoms with Gasteiger partial charge < -0.3 is 20.7 Å². The SMILES string of the molecule is NNc1cc(C(O)C(=O)O)ccc1CO. The summed E-state index contributed by atoms with van der Waals surface area (Å²) in [5.74, 6) is 3.84. The predicted octanol–water partition coefficient (Wildman–Crippen LogP) is -0.417. The third kappa shape index (κ3) is 2.44. The standard InChI is InChI=1S/C9H12N2O4/c10-11-7-3-5(8(13)9(14)15)1-2-6(7)4-12/h1-3,8,11-13H,4,10H2,(H,14,15). The lowest BCUT2D eigenvalue weighted by atomic mass is 10.1. The molecule has 6 nitrogen and oxygen atoms in total. The molecule has 0 aliphatic carbocycles. The molecule has 0 saturated carbocycles. The van der Waals surface area contributed by atoms with Gasteiger partial charge in [0.25, 0.3) is 0 Å². The second-order valence-corrected chi connectivity index (χ2v) is 2.96. The molecule has 0 aliphatic rings. The third-order valence-electron chi connectivity index (χ3n) is 2.01. The molecule has 0 aliphatic heterocycles. The number of carboxylic acids is 1. The van der Waals surface area contributed by atoms with E-state index >= 15 is 0 Å². The molecule has 6 heteroatoms. The van der Waals surface area contributed by atoms with E-state index in [0.717, 1.165) is 0 Å². The van der Waals surface area contributed by atoms with Gasteiger partial charge in [0.1, 0.15) is 0 Å². The minimum Gasteiger partial charge on any atom is -0.479 e. The zero-order chi connectivity index (χ0) is 11.4. The molecule has 1 aromatic rings. The summed E-state index contributed by atoms with van der Waals surface area (Å²) in [5, 5.41) is 26.7. The van der Waals surface area contributed by atoms with Gasteiger partial charge in [0.2, 0.25) is 0 Å². The molecule has 0 amide bonds. The number of rotatable bonds is 4. The predicted molar refractivity (Wildman–Crippen MR) is 52.8 cm³/mol. The highest BCUT2D eigenvalue weighted by atomic mass is 16.4. The highest BCUT2D eigenvalue weighted by Crippen LogP contribution is 2.21. The molecule has 1 atom stereocenters. The number of nitrogens with one attached hydrogen (secondary N) is 1. The van der Waals surface area contributed by atoms with E-state index in [4.69, 9.17) is 16.1 Å². The van der Waals surface area contributed by atoms with E-state index in [2.05, 4.69) is 5.43 Å². The second kappa shape index (κ2) is 4.74. The molecule has 1 aromatic carbocycles. The summed E-state index contributed by atoms with van der Waals surface area (Å²) in [6.45, 7) is -0.219. The molecule has 0 bridgehead atoms. The average Bonchev–Trinajstić information content (AvgIpc) is 2.26. The van der Waals surface area contributed by atoms with Crippen LogP contribution in [0.3, 0.4) is 0 Å². The van der Waals surface area contributed by atoms with E-state index in [1.54, 1.807) is 0 Å². The van der Waals surface area contributed by atoms with Gasteiger partial charge in [-0.2, -0.15) is 0 Å². The van der Waals surface area contributed by atoms with Crippen molar-refractivity contribution in [2.24, 2.45) is 5.84 Å². The van der Waals surface area contributed by atoms with Gasteiger partial charge in [0.05, 0.1) is 12.3 Å². The van der Waals surface area contributed by atoms with Crippen molar-refractivity contribution in [2.45, 2.75) is 12.7 Å². The molecule has 0 fully saturated rings. The number of benzene rings is 1. The van der Waals surface area contributed by atoms with Crippen molar-refractivity contribution >= 4 is 11.7 Å². The number of aliphatic hydroxyl groups excluding tert-OH is 2. The molecule has 1 rings (SSSR count). The second-order valence-electron chi connectivity index (χ2n) is 2.96. The molecular weight excluding hydrogens is 200 g/mol.